The Labute approximate surface area is 201 Å². The number of piperidine rings is 1. The zero-order chi connectivity index (χ0) is 24.9. The van der Waals surface area contributed by atoms with Crippen molar-refractivity contribution in [1.29, 1.82) is 0 Å². The van der Waals surface area contributed by atoms with Crippen molar-refractivity contribution >= 4 is 23.7 Å². The van der Waals surface area contributed by atoms with E-state index in [4.69, 9.17) is 14.2 Å². The Morgan fingerprint density at radius 3 is 2.49 bits per heavy atom. The van der Waals surface area contributed by atoms with Gasteiger partial charge >= 0.3 is 0 Å². The molecule has 35 heavy (non-hydrogen) atoms. The highest BCUT2D eigenvalue weighted by atomic mass is 16.7. The predicted octanol–water partition coefficient (Wildman–Crippen LogP) is 3.26. The van der Waals surface area contributed by atoms with Crippen molar-refractivity contribution in [2.75, 3.05) is 13.4 Å². The number of nitro groups is 1. The van der Waals surface area contributed by atoms with Crippen LogP contribution in [0.5, 0.6) is 17.2 Å². The number of rotatable bonds is 7. The largest absolute Gasteiger partial charge is 0.484 e. The van der Waals surface area contributed by atoms with E-state index in [1.54, 1.807) is 24.3 Å². The number of ether oxygens (including phenoxy) is 3. The standard InChI is InChI=1S/C24H26N4O7/c1-15-4-3-5-16(2)27(15)23(29)13-33-19-8-6-17(7-9-19)24(30)26-25-12-18-10-21-22(35-14-34-21)11-20(18)28(31)32/h6-12,15-16H,3-5,13-14H2,1-2H3,(H,26,30)/b25-12+. The molecule has 184 valence electrons. The fourth-order valence-corrected chi connectivity index (χ4v) is 4.27. The van der Waals surface area contributed by atoms with E-state index in [-0.39, 0.29) is 48.4 Å². The summed E-state index contributed by atoms with van der Waals surface area (Å²) in [5.74, 6) is 0.539. The van der Waals surface area contributed by atoms with Gasteiger partial charge in [0.2, 0.25) is 6.79 Å². The minimum Gasteiger partial charge on any atom is -0.484 e. The summed E-state index contributed by atoms with van der Waals surface area (Å²) < 4.78 is 16.0. The Hall–Kier alpha value is -4.15. The number of likely N-dealkylation sites (tertiary alicyclic amines) is 1. The average Bonchev–Trinajstić information content (AvgIpc) is 3.30. The maximum Gasteiger partial charge on any atom is 0.282 e. The molecule has 2 heterocycles. The molecule has 0 spiro atoms. The summed E-state index contributed by atoms with van der Waals surface area (Å²) in [4.78, 5) is 37.6. The van der Waals surface area contributed by atoms with E-state index in [0.717, 1.165) is 19.3 Å². The van der Waals surface area contributed by atoms with Crippen molar-refractivity contribution in [3.8, 4) is 17.2 Å². The van der Waals surface area contributed by atoms with Gasteiger partial charge in [-0.15, -0.1) is 0 Å². The van der Waals surface area contributed by atoms with E-state index in [9.17, 15) is 19.7 Å². The van der Waals surface area contributed by atoms with Crippen LogP contribution in [0.1, 0.15) is 49.0 Å². The van der Waals surface area contributed by atoms with Crippen LogP contribution in [-0.4, -0.2) is 53.3 Å². The van der Waals surface area contributed by atoms with Crippen LogP contribution >= 0.6 is 0 Å². The smallest absolute Gasteiger partial charge is 0.282 e. The molecule has 0 aliphatic carbocycles. The zero-order valence-corrected chi connectivity index (χ0v) is 19.4. The fourth-order valence-electron chi connectivity index (χ4n) is 4.27. The Kier molecular flexibility index (Phi) is 7.14. The van der Waals surface area contributed by atoms with Gasteiger partial charge in [-0.2, -0.15) is 5.10 Å². The number of nitro benzene ring substituents is 1. The summed E-state index contributed by atoms with van der Waals surface area (Å²) in [6, 6.07) is 9.34. The second kappa shape index (κ2) is 10.4. The molecule has 2 unspecified atom stereocenters. The number of hydrogen-bond acceptors (Lipinski definition) is 8. The molecule has 2 aliphatic rings. The van der Waals surface area contributed by atoms with Gasteiger partial charge < -0.3 is 19.1 Å². The second-order valence-electron chi connectivity index (χ2n) is 8.46. The van der Waals surface area contributed by atoms with E-state index in [1.807, 2.05) is 18.7 Å². The highest BCUT2D eigenvalue weighted by Gasteiger charge is 2.29. The van der Waals surface area contributed by atoms with Crippen molar-refractivity contribution in [1.82, 2.24) is 10.3 Å². The highest BCUT2D eigenvalue weighted by Crippen LogP contribution is 2.37. The number of hydrazone groups is 1. The average molecular weight is 482 g/mol. The lowest BCUT2D eigenvalue weighted by atomic mass is 9.97. The molecule has 2 aromatic carbocycles. The summed E-state index contributed by atoms with van der Waals surface area (Å²) >= 11 is 0. The molecule has 1 saturated heterocycles. The van der Waals surface area contributed by atoms with Gasteiger partial charge in [-0.3, -0.25) is 19.7 Å². The van der Waals surface area contributed by atoms with Crippen LogP contribution in [-0.2, 0) is 4.79 Å². The molecule has 2 aromatic rings. The second-order valence-corrected chi connectivity index (χ2v) is 8.46. The van der Waals surface area contributed by atoms with Crippen LogP contribution in [0.4, 0.5) is 5.69 Å². The van der Waals surface area contributed by atoms with Gasteiger partial charge in [0.1, 0.15) is 5.75 Å². The van der Waals surface area contributed by atoms with Gasteiger partial charge in [0, 0.05) is 17.6 Å². The topological polar surface area (TPSA) is 133 Å². The fraction of sp³-hybridized carbons (Fsp3) is 0.375. The lowest BCUT2D eigenvalue weighted by molar-refractivity contribution is -0.385. The molecular weight excluding hydrogens is 456 g/mol. The molecule has 0 radical (unpaired) electrons. The SMILES string of the molecule is CC1CCCC(C)N1C(=O)COc1ccc(C(=O)N/N=C/c2cc3c(cc2[N+](=O)[O-])OCO3)cc1. The lowest BCUT2D eigenvalue weighted by Crippen LogP contribution is -2.49. The van der Waals surface area contributed by atoms with Crippen molar-refractivity contribution in [2.24, 2.45) is 5.10 Å². The maximum atomic E-state index is 12.6. The molecule has 1 fully saturated rings. The number of benzene rings is 2. The molecule has 0 aromatic heterocycles. The first-order valence-corrected chi connectivity index (χ1v) is 11.3. The van der Waals surface area contributed by atoms with Crippen LogP contribution in [0, 0.1) is 10.1 Å². The highest BCUT2D eigenvalue weighted by molar-refractivity contribution is 5.95. The van der Waals surface area contributed by atoms with Gasteiger partial charge in [0.05, 0.1) is 22.8 Å². The molecule has 0 bridgehead atoms. The number of hydrogen-bond donors (Lipinski definition) is 1. The minimum absolute atomic E-state index is 0.0197. The number of nitrogens with one attached hydrogen (secondary N) is 1. The van der Waals surface area contributed by atoms with Crippen LogP contribution in [0.3, 0.4) is 0 Å². The summed E-state index contributed by atoms with van der Waals surface area (Å²) in [5, 5.41) is 15.1. The van der Waals surface area contributed by atoms with Gasteiger partial charge in [-0.25, -0.2) is 5.43 Å². The van der Waals surface area contributed by atoms with Crippen molar-refractivity contribution in [3.05, 3.63) is 57.6 Å². The first-order valence-electron chi connectivity index (χ1n) is 11.3. The van der Waals surface area contributed by atoms with Crippen LogP contribution in [0.15, 0.2) is 41.5 Å². The number of carbonyl (C=O) groups excluding carboxylic acids is 2. The Morgan fingerprint density at radius 1 is 1.17 bits per heavy atom. The van der Waals surface area contributed by atoms with Gasteiger partial charge in [-0.1, -0.05) is 0 Å². The number of fused-ring (bicyclic) bond motifs is 1. The van der Waals surface area contributed by atoms with Crippen LogP contribution < -0.4 is 19.6 Å². The van der Waals surface area contributed by atoms with Gasteiger partial charge in [-0.05, 0) is 63.4 Å². The summed E-state index contributed by atoms with van der Waals surface area (Å²) in [6.45, 7) is 4.01. The molecule has 0 saturated carbocycles. The normalized spacial score (nSPS) is 19.0. The number of amides is 2. The molecule has 4 rings (SSSR count). The molecule has 2 amide bonds. The summed E-state index contributed by atoms with van der Waals surface area (Å²) in [6.07, 6.45) is 4.27. The maximum absolute atomic E-state index is 12.6. The van der Waals surface area contributed by atoms with E-state index in [1.165, 1.54) is 18.3 Å². The lowest BCUT2D eigenvalue weighted by Gasteiger charge is -2.38. The van der Waals surface area contributed by atoms with Crippen LogP contribution in [0.25, 0.3) is 0 Å². The van der Waals surface area contributed by atoms with Gasteiger partial charge in [0.25, 0.3) is 17.5 Å². The first kappa shape index (κ1) is 24.0. The Morgan fingerprint density at radius 2 is 1.83 bits per heavy atom. The summed E-state index contributed by atoms with van der Waals surface area (Å²) in [5.41, 5.74) is 2.58. The zero-order valence-electron chi connectivity index (χ0n) is 19.4. The molecular formula is C24H26N4O7. The van der Waals surface area contributed by atoms with Crippen molar-refractivity contribution in [2.45, 2.75) is 45.2 Å². The third-order valence-corrected chi connectivity index (χ3v) is 6.05. The minimum atomic E-state index is -0.568. The summed E-state index contributed by atoms with van der Waals surface area (Å²) in [7, 11) is 0. The quantitative estimate of drug-likeness (QED) is 0.364. The van der Waals surface area contributed by atoms with Crippen molar-refractivity contribution < 1.29 is 28.7 Å². The van der Waals surface area contributed by atoms with Gasteiger partial charge in [0.15, 0.2) is 18.1 Å². The first-order chi connectivity index (χ1) is 16.8. The Balaban J connectivity index is 1.33. The molecule has 1 N–H and O–H groups in total. The van der Waals surface area contributed by atoms with E-state index in [2.05, 4.69) is 10.5 Å². The predicted molar refractivity (Wildman–Crippen MR) is 126 cm³/mol. The number of nitrogens with zero attached hydrogens (tertiary/aromatic N) is 3. The van der Waals surface area contributed by atoms with Crippen molar-refractivity contribution in [3.63, 3.8) is 0 Å². The third kappa shape index (κ3) is 5.51. The third-order valence-electron chi connectivity index (χ3n) is 6.05. The van der Waals surface area contributed by atoms with E-state index in [0.29, 0.717) is 17.1 Å². The Bertz CT molecular complexity index is 1140. The van der Waals surface area contributed by atoms with E-state index >= 15 is 0 Å². The molecule has 2 atom stereocenters. The van der Waals surface area contributed by atoms with Crippen LogP contribution in [0.2, 0.25) is 0 Å². The molecule has 11 nitrogen and oxygen atoms in total. The molecule has 11 heteroatoms. The number of carbonyl (C=O) groups is 2. The molecule has 2 aliphatic heterocycles. The van der Waals surface area contributed by atoms with E-state index < -0.39 is 10.8 Å². The monoisotopic (exact) mass is 482 g/mol.